The number of carbonyl (C=O) groups is 1. The number of allylic oxidation sites excluding steroid dienone is 2. The molecule has 1 N–H and O–H groups in total. The summed E-state index contributed by atoms with van der Waals surface area (Å²) in [5.41, 5.74) is 2.09. The first kappa shape index (κ1) is 6.65. The minimum atomic E-state index is 0.0998. The van der Waals surface area contributed by atoms with Crippen molar-refractivity contribution < 1.29 is 4.79 Å². The lowest BCUT2D eigenvalue weighted by Gasteiger charge is -2.10. The highest BCUT2D eigenvalue weighted by Gasteiger charge is 2.24. The summed E-state index contributed by atoms with van der Waals surface area (Å²) in [5.74, 6) is 0.625. The third-order valence-electron chi connectivity index (χ3n) is 2.22. The molecule has 0 bridgehead atoms. The Morgan fingerprint density at radius 1 is 1.64 bits per heavy atom. The second kappa shape index (κ2) is 2.22. The van der Waals surface area contributed by atoms with E-state index < -0.39 is 0 Å². The van der Waals surface area contributed by atoms with Crippen molar-refractivity contribution in [3.8, 4) is 0 Å². The van der Waals surface area contributed by atoms with Gasteiger partial charge in [0, 0.05) is 12.1 Å². The third kappa shape index (κ3) is 0.985. The lowest BCUT2D eigenvalue weighted by molar-refractivity contribution is -0.116. The Balaban J connectivity index is 2.37. The Bertz CT molecular complexity index is 263. The molecule has 11 heavy (non-hydrogen) atoms. The van der Waals surface area contributed by atoms with Crippen molar-refractivity contribution >= 4 is 5.91 Å². The van der Waals surface area contributed by atoms with Crippen LogP contribution in [0, 0.1) is 5.92 Å². The number of hydrogen-bond donors (Lipinski definition) is 1. The molecule has 2 aliphatic rings. The maximum Gasteiger partial charge on any atom is 0.251 e. The Hall–Kier alpha value is -1.05. The quantitative estimate of drug-likeness (QED) is 0.547. The van der Waals surface area contributed by atoms with Crippen molar-refractivity contribution in [1.82, 2.24) is 5.32 Å². The molecule has 2 nitrogen and oxygen atoms in total. The van der Waals surface area contributed by atoms with Gasteiger partial charge < -0.3 is 5.32 Å². The molecule has 1 unspecified atom stereocenters. The minimum Gasteiger partial charge on any atom is -0.348 e. The standard InChI is InChI=1S/C9H11NO/c1-6-2-3-7-5-10-9(11)8(7)4-6/h3-4,6H,2,5H2,1H3,(H,10,11). The van der Waals surface area contributed by atoms with Crippen molar-refractivity contribution in [3.63, 3.8) is 0 Å². The highest BCUT2D eigenvalue weighted by Crippen LogP contribution is 2.25. The summed E-state index contributed by atoms with van der Waals surface area (Å²) in [6.45, 7) is 2.86. The zero-order valence-electron chi connectivity index (χ0n) is 6.55. The molecule has 1 heterocycles. The molecule has 0 aromatic heterocycles. The second-order valence-corrected chi connectivity index (χ2v) is 3.21. The summed E-state index contributed by atoms with van der Waals surface area (Å²) in [4.78, 5) is 11.1. The maximum absolute atomic E-state index is 11.1. The molecule has 1 fully saturated rings. The molecule has 0 radical (unpaired) electrons. The van der Waals surface area contributed by atoms with Gasteiger partial charge in [-0.2, -0.15) is 0 Å². The first-order valence-electron chi connectivity index (χ1n) is 3.97. The monoisotopic (exact) mass is 149 g/mol. The van der Waals surface area contributed by atoms with Crippen molar-refractivity contribution in [3.05, 3.63) is 23.3 Å². The van der Waals surface area contributed by atoms with Crippen LogP contribution in [0.3, 0.4) is 0 Å². The summed E-state index contributed by atoms with van der Waals surface area (Å²) >= 11 is 0. The average molecular weight is 149 g/mol. The summed E-state index contributed by atoms with van der Waals surface area (Å²) in [7, 11) is 0. The van der Waals surface area contributed by atoms with Gasteiger partial charge in [-0.1, -0.05) is 19.1 Å². The predicted molar refractivity (Wildman–Crippen MR) is 43.0 cm³/mol. The van der Waals surface area contributed by atoms with Gasteiger partial charge in [0.15, 0.2) is 0 Å². The van der Waals surface area contributed by atoms with E-state index in [4.69, 9.17) is 0 Å². The van der Waals surface area contributed by atoms with Gasteiger partial charge in [0.2, 0.25) is 0 Å². The molecule has 1 atom stereocenters. The zero-order valence-corrected chi connectivity index (χ0v) is 6.55. The van der Waals surface area contributed by atoms with Gasteiger partial charge in [0.1, 0.15) is 0 Å². The van der Waals surface area contributed by atoms with Gasteiger partial charge in [0.05, 0.1) is 0 Å². The largest absolute Gasteiger partial charge is 0.348 e. The lowest BCUT2D eigenvalue weighted by atomic mass is 9.93. The summed E-state index contributed by atoms with van der Waals surface area (Å²) in [6, 6.07) is 0. The Morgan fingerprint density at radius 3 is 3.27 bits per heavy atom. The fourth-order valence-corrected chi connectivity index (χ4v) is 1.56. The molecule has 0 aromatic rings. The SMILES string of the molecule is CC1C=C2C(=O)NCC2=CC1. The van der Waals surface area contributed by atoms with E-state index in [0.29, 0.717) is 5.92 Å². The second-order valence-electron chi connectivity index (χ2n) is 3.21. The highest BCUT2D eigenvalue weighted by atomic mass is 16.2. The summed E-state index contributed by atoms with van der Waals surface area (Å²) in [6.07, 6.45) is 5.31. The van der Waals surface area contributed by atoms with Gasteiger partial charge >= 0.3 is 0 Å². The van der Waals surface area contributed by atoms with E-state index in [9.17, 15) is 4.79 Å². The molecule has 2 rings (SSSR count). The summed E-state index contributed by atoms with van der Waals surface area (Å²) in [5, 5.41) is 2.81. The minimum absolute atomic E-state index is 0.0998. The number of rotatable bonds is 0. The van der Waals surface area contributed by atoms with Crippen molar-refractivity contribution in [2.24, 2.45) is 5.92 Å². The highest BCUT2D eigenvalue weighted by molar-refractivity contribution is 6.01. The Kier molecular flexibility index (Phi) is 1.34. The van der Waals surface area contributed by atoms with Crippen LogP contribution in [-0.4, -0.2) is 12.5 Å². The molecule has 1 aliphatic heterocycles. The Morgan fingerprint density at radius 2 is 2.45 bits per heavy atom. The fraction of sp³-hybridized carbons (Fsp3) is 0.444. The average Bonchev–Trinajstić information content (AvgIpc) is 2.33. The van der Waals surface area contributed by atoms with Crippen LogP contribution in [0.1, 0.15) is 13.3 Å². The number of hydrogen-bond acceptors (Lipinski definition) is 1. The maximum atomic E-state index is 11.1. The van der Waals surface area contributed by atoms with E-state index in [-0.39, 0.29) is 5.91 Å². The van der Waals surface area contributed by atoms with Crippen LogP contribution in [0.5, 0.6) is 0 Å². The van der Waals surface area contributed by atoms with Gasteiger partial charge in [-0.3, -0.25) is 4.79 Å². The van der Waals surface area contributed by atoms with Crippen LogP contribution >= 0.6 is 0 Å². The molecule has 1 amide bonds. The van der Waals surface area contributed by atoms with E-state index in [1.807, 2.05) is 0 Å². The number of carbonyl (C=O) groups excluding carboxylic acids is 1. The lowest BCUT2D eigenvalue weighted by Crippen LogP contribution is -2.14. The molecule has 58 valence electrons. The molecule has 2 heteroatoms. The van der Waals surface area contributed by atoms with E-state index >= 15 is 0 Å². The van der Waals surface area contributed by atoms with Crippen molar-refractivity contribution in [2.45, 2.75) is 13.3 Å². The van der Waals surface area contributed by atoms with Crippen LogP contribution in [-0.2, 0) is 4.79 Å². The zero-order chi connectivity index (χ0) is 7.84. The normalized spacial score (nSPS) is 28.8. The summed E-state index contributed by atoms with van der Waals surface area (Å²) < 4.78 is 0. The van der Waals surface area contributed by atoms with Crippen molar-refractivity contribution in [2.75, 3.05) is 6.54 Å². The first-order chi connectivity index (χ1) is 5.27. The van der Waals surface area contributed by atoms with Crippen LogP contribution in [0.25, 0.3) is 0 Å². The van der Waals surface area contributed by atoms with Crippen LogP contribution in [0.15, 0.2) is 23.3 Å². The molecule has 1 saturated heterocycles. The third-order valence-corrected chi connectivity index (χ3v) is 2.22. The smallest absolute Gasteiger partial charge is 0.251 e. The van der Waals surface area contributed by atoms with E-state index in [2.05, 4.69) is 24.4 Å². The number of amides is 1. The predicted octanol–water partition coefficient (Wildman–Crippen LogP) is 1.01. The van der Waals surface area contributed by atoms with E-state index in [1.54, 1.807) is 0 Å². The molecule has 1 aliphatic carbocycles. The molecule has 0 spiro atoms. The molecule has 0 aromatic carbocycles. The number of nitrogens with one attached hydrogen (secondary N) is 1. The van der Waals surface area contributed by atoms with Gasteiger partial charge in [-0.25, -0.2) is 0 Å². The fourth-order valence-electron chi connectivity index (χ4n) is 1.56. The van der Waals surface area contributed by atoms with Crippen molar-refractivity contribution in [1.29, 1.82) is 0 Å². The van der Waals surface area contributed by atoms with Gasteiger partial charge in [0.25, 0.3) is 5.91 Å². The first-order valence-corrected chi connectivity index (χ1v) is 3.97. The van der Waals surface area contributed by atoms with Gasteiger partial charge in [-0.05, 0) is 17.9 Å². The van der Waals surface area contributed by atoms with Crippen LogP contribution < -0.4 is 5.32 Å². The van der Waals surface area contributed by atoms with E-state index in [0.717, 1.165) is 18.5 Å². The van der Waals surface area contributed by atoms with Crippen LogP contribution in [0.4, 0.5) is 0 Å². The molecular formula is C9H11NO. The molecule has 0 saturated carbocycles. The topological polar surface area (TPSA) is 29.1 Å². The van der Waals surface area contributed by atoms with Gasteiger partial charge in [-0.15, -0.1) is 0 Å². The molecular weight excluding hydrogens is 138 g/mol. The number of fused-ring (bicyclic) bond motifs is 1. The van der Waals surface area contributed by atoms with E-state index in [1.165, 1.54) is 5.57 Å². The van der Waals surface area contributed by atoms with Crippen LogP contribution in [0.2, 0.25) is 0 Å². The Labute approximate surface area is 66.0 Å².